The normalized spacial score (nSPS) is 29.7. The van der Waals surface area contributed by atoms with Crippen LogP contribution >= 0.6 is 0 Å². The molecule has 3 heteroatoms. The van der Waals surface area contributed by atoms with Crippen LogP contribution in [0.25, 0.3) is 0 Å². The Morgan fingerprint density at radius 3 is 2.15 bits per heavy atom. The van der Waals surface area contributed by atoms with Crippen LogP contribution < -0.4 is 0 Å². The molecule has 3 nitrogen and oxygen atoms in total. The van der Waals surface area contributed by atoms with E-state index in [0.717, 1.165) is 11.3 Å². The van der Waals surface area contributed by atoms with Crippen LogP contribution in [0.5, 0.6) is 0 Å². The molecule has 0 bridgehead atoms. The summed E-state index contributed by atoms with van der Waals surface area (Å²) in [5, 5.41) is 0. The van der Waals surface area contributed by atoms with Gasteiger partial charge >= 0.3 is 0 Å². The van der Waals surface area contributed by atoms with Gasteiger partial charge in [0.1, 0.15) is 0 Å². The zero-order valence-corrected chi connectivity index (χ0v) is 13.6. The molecule has 3 rings (SSSR count). The molecule has 0 radical (unpaired) electrons. The molecule has 20 heavy (non-hydrogen) atoms. The molecule has 116 valence electrons. The van der Waals surface area contributed by atoms with E-state index in [-0.39, 0.29) is 0 Å². The first-order valence-corrected chi connectivity index (χ1v) is 8.82. The minimum absolute atomic E-state index is 0.718. The molecule has 3 aliphatic rings. The highest BCUT2D eigenvalue weighted by atomic mass is 15.2. The van der Waals surface area contributed by atoms with Gasteiger partial charge in [-0.3, -0.25) is 0 Å². The first-order chi connectivity index (χ1) is 9.69. The molecule has 3 heterocycles. The molecule has 3 saturated heterocycles. The maximum absolute atomic E-state index is 2.77. The van der Waals surface area contributed by atoms with Crippen LogP contribution in [0.3, 0.4) is 0 Å². The van der Waals surface area contributed by atoms with Gasteiger partial charge in [0.05, 0.1) is 0 Å². The monoisotopic (exact) mass is 279 g/mol. The Bertz CT molecular complexity index is 293. The van der Waals surface area contributed by atoms with E-state index in [0.29, 0.717) is 0 Å². The Morgan fingerprint density at radius 1 is 0.950 bits per heavy atom. The molecule has 0 aliphatic carbocycles. The Morgan fingerprint density at radius 2 is 1.60 bits per heavy atom. The van der Waals surface area contributed by atoms with Crippen molar-refractivity contribution < 1.29 is 0 Å². The number of rotatable bonds is 4. The van der Waals surface area contributed by atoms with E-state index < -0.39 is 0 Å². The highest BCUT2D eigenvalue weighted by Crippen LogP contribution is 2.39. The molecular weight excluding hydrogens is 246 g/mol. The van der Waals surface area contributed by atoms with E-state index in [4.69, 9.17) is 0 Å². The van der Waals surface area contributed by atoms with Gasteiger partial charge in [-0.25, -0.2) is 0 Å². The van der Waals surface area contributed by atoms with Gasteiger partial charge in [0, 0.05) is 19.6 Å². The SMILES string of the molecule is CCCN1CCC(CN2CCC3(CC2)CN(C)C3)CC1. The predicted octanol–water partition coefficient (Wildman–Crippen LogP) is 2.14. The Kier molecular flexibility index (Phi) is 4.68. The summed E-state index contributed by atoms with van der Waals surface area (Å²) >= 11 is 0. The smallest absolute Gasteiger partial charge is 0.00484 e. The van der Waals surface area contributed by atoms with Crippen LogP contribution in [-0.4, -0.2) is 74.1 Å². The van der Waals surface area contributed by atoms with Gasteiger partial charge in [-0.05, 0) is 83.2 Å². The van der Waals surface area contributed by atoms with Gasteiger partial charge in [0.15, 0.2) is 0 Å². The lowest BCUT2D eigenvalue weighted by molar-refractivity contribution is -0.0354. The lowest BCUT2D eigenvalue weighted by atomic mass is 9.72. The van der Waals surface area contributed by atoms with Gasteiger partial charge in [-0.1, -0.05) is 6.92 Å². The maximum atomic E-state index is 2.77. The van der Waals surface area contributed by atoms with Crippen LogP contribution in [0.2, 0.25) is 0 Å². The molecule has 0 aromatic rings. The zero-order chi connectivity index (χ0) is 14.0. The summed E-state index contributed by atoms with van der Waals surface area (Å²) in [4.78, 5) is 7.91. The second kappa shape index (κ2) is 6.33. The molecule has 0 unspecified atom stereocenters. The molecule has 0 saturated carbocycles. The van der Waals surface area contributed by atoms with Crippen molar-refractivity contribution in [2.75, 3.05) is 59.4 Å². The second-order valence-corrected chi connectivity index (χ2v) is 7.76. The van der Waals surface area contributed by atoms with Crippen molar-refractivity contribution in [3.63, 3.8) is 0 Å². The fourth-order valence-electron chi connectivity index (χ4n) is 4.70. The van der Waals surface area contributed by atoms with E-state index in [1.54, 1.807) is 0 Å². The van der Waals surface area contributed by atoms with E-state index in [2.05, 4.69) is 28.7 Å². The molecular formula is C17H33N3. The highest BCUT2D eigenvalue weighted by molar-refractivity contribution is 4.97. The lowest BCUT2D eigenvalue weighted by Crippen LogP contribution is -2.59. The summed E-state index contributed by atoms with van der Waals surface area (Å²) in [5.74, 6) is 0.973. The fourth-order valence-corrected chi connectivity index (χ4v) is 4.70. The third-order valence-electron chi connectivity index (χ3n) is 5.89. The summed E-state index contributed by atoms with van der Waals surface area (Å²) in [7, 11) is 2.27. The topological polar surface area (TPSA) is 9.72 Å². The van der Waals surface area contributed by atoms with Crippen molar-refractivity contribution in [1.29, 1.82) is 0 Å². The fraction of sp³-hybridized carbons (Fsp3) is 1.00. The number of nitrogens with zero attached hydrogens (tertiary/aromatic N) is 3. The van der Waals surface area contributed by atoms with Crippen molar-refractivity contribution in [3.05, 3.63) is 0 Å². The summed E-state index contributed by atoms with van der Waals surface area (Å²) in [5.41, 5.74) is 0.718. The van der Waals surface area contributed by atoms with Crippen LogP contribution in [0.15, 0.2) is 0 Å². The van der Waals surface area contributed by atoms with E-state index >= 15 is 0 Å². The molecule has 1 spiro atoms. The van der Waals surface area contributed by atoms with Gasteiger partial charge < -0.3 is 14.7 Å². The molecule has 3 fully saturated rings. The Hall–Kier alpha value is -0.120. The Balaban J connectivity index is 1.36. The highest BCUT2D eigenvalue weighted by Gasteiger charge is 2.43. The maximum Gasteiger partial charge on any atom is 0.00484 e. The van der Waals surface area contributed by atoms with Gasteiger partial charge in [-0.2, -0.15) is 0 Å². The Labute approximate surface area is 125 Å². The quantitative estimate of drug-likeness (QED) is 0.780. The van der Waals surface area contributed by atoms with Crippen molar-refractivity contribution in [3.8, 4) is 0 Å². The van der Waals surface area contributed by atoms with Crippen LogP contribution in [0.1, 0.15) is 39.0 Å². The van der Waals surface area contributed by atoms with Crippen molar-refractivity contribution in [2.24, 2.45) is 11.3 Å². The number of likely N-dealkylation sites (tertiary alicyclic amines) is 3. The first kappa shape index (κ1) is 14.8. The zero-order valence-electron chi connectivity index (χ0n) is 13.6. The van der Waals surface area contributed by atoms with Gasteiger partial charge in [0.25, 0.3) is 0 Å². The van der Waals surface area contributed by atoms with E-state index in [9.17, 15) is 0 Å². The summed E-state index contributed by atoms with van der Waals surface area (Å²) in [6, 6.07) is 0. The van der Waals surface area contributed by atoms with Crippen molar-refractivity contribution in [2.45, 2.75) is 39.0 Å². The lowest BCUT2D eigenvalue weighted by Gasteiger charge is -2.53. The summed E-state index contributed by atoms with van der Waals surface area (Å²) in [6.07, 6.45) is 7.08. The van der Waals surface area contributed by atoms with Gasteiger partial charge in [0.2, 0.25) is 0 Å². The minimum atomic E-state index is 0.718. The molecule has 0 atom stereocenters. The second-order valence-electron chi connectivity index (χ2n) is 7.76. The molecule has 0 N–H and O–H groups in total. The largest absolute Gasteiger partial charge is 0.305 e. The predicted molar refractivity (Wildman–Crippen MR) is 85.1 cm³/mol. The molecule has 3 aliphatic heterocycles. The van der Waals surface area contributed by atoms with Crippen LogP contribution in [0, 0.1) is 11.3 Å². The summed E-state index contributed by atoms with van der Waals surface area (Å²) < 4.78 is 0. The third kappa shape index (κ3) is 3.37. The average molecular weight is 279 g/mol. The molecule has 0 aromatic carbocycles. The minimum Gasteiger partial charge on any atom is -0.305 e. The van der Waals surface area contributed by atoms with E-state index in [1.165, 1.54) is 84.5 Å². The number of hydrogen-bond donors (Lipinski definition) is 0. The molecule has 0 aromatic heterocycles. The van der Waals surface area contributed by atoms with Crippen LogP contribution in [-0.2, 0) is 0 Å². The van der Waals surface area contributed by atoms with E-state index in [1.807, 2.05) is 0 Å². The van der Waals surface area contributed by atoms with Crippen LogP contribution in [0.4, 0.5) is 0 Å². The molecule has 0 amide bonds. The van der Waals surface area contributed by atoms with Crippen molar-refractivity contribution >= 4 is 0 Å². The average Bonchev–Trinajstić information content (AvgIpc) is 2.42. The number of hydrogen-bond acceptors (Lipinski definition) is 3. The van der Waals surface area contributed by atoms with Crippen molar-refractivity contribution in [1.82, 2.24) is 14.7 Å². The standard InChI is InChI=1S/C17H33N3/c1-3-8-19-9-4-16(5-10-19)13-20-11-6-17(7-12-20)14-18(2)15-17/h16H,3-15H2,1-2H3. The summed E-state index contributed by atoms with van der Waals surface area (Å²) in [6.45, 7) is 13.1. The van der Waals surface area contributed by atoms with Gasteiger partial charge in [-0.15, -0.1) is 0 Å². The number of piperidine rings is 2. The third-order valence-corrected chi connectivity index (χ3v) is 5.89. The first-order valence-electron chi connectivity index (χ1n) is 8.82.